The molecule has 7 heteroatoms. The fourth-order valence-corrected chi connectivity index (χ4v) is 1.78. The lowest BCUT2D eigenvalue weighted by Crippen LogP contribution is -2.52. The van der Waals surface area contributed by atoms with E-state index in [1.807, 2.05) is 13.1 Å². The average Bonchev–Trinajstić information content (AvgIpc) is 2.70. The smallest absolute Gasteiger partial charge is 0.326 e. The minimum absolute atomic E-state index is 0.419. The molecule has 1 aromatic rings. The highest BCUT2D eigenvalue weighted by atomic mass is 16.4. The fourth-order valence-electron chi connectivity index (χ4n) is 1.78. The summed E-state index contributed by atoms with van der Waals surface area (Å²) in [6.07, 6.45) is 2.33. The summed E-state index contributed by atoms with van der Waals surface area (Å²) in [6, 6.07) is 0.461. The molecule has 0 saturated carbocycles. The third kappa shape index (κ3) is 4.56. The van der Waals surface area contributed by atoms with E-state index >= 15 is 0 Å². The van der Waals surface area contributed by atoms with Crippen LogP contribution in [0, 0.1) is 5.41 Å². The van der Waals surface area contributed by atoms with Crippen LogP contribution in [0.1, 0.15) is 26.5 Å². The number of urea groups is 1. The Hall–Kier alpha value is -2.05. The number of hydrogen-bond donors (Lipinski definition) is 3. The monoisotopic (exact) mass is 282 g/mol. The Labute approximate surface area is 118 Å². The zero-order chi connectivity index (χ0) is 15.3. The van der Waals surface area contributed by atoms with Crippen molar-refractivity contribution in [1.82, 2.24) is 20.4 Å². The topological polar surface area (TPSA) is 96.3 Å². The zero-order valence-corrected chi connectivity index (χ0v) is 12.3. The Bertz CT molecular complexity index is 476. The number of carboxylic acid groups (broad SMARTS) is 1. The molecule has 0 saturated heterocycles. The summed E-state index contributed by atoms with van der Waals surface area (Å²) in [5, 5.41) is 18.3. The highest BCUT2D eigenvalue weighted by Gasteiger charge is 2.32. The second-order valence-electron chi connectivity index (χ2n) is 5.73. The summed E-state index contributed by atoms with van der Waals surface area (Å²) >= 11 is 0. The number of carboxylic acids is 1. The van der Waals surface area contributed by atoms with E-state index in [0.717, 1.165) is 5.69 Å². The quantitative estimate of drug-likeness (QED) is 0.743. The Morgan fingerprint density at radius 3 is 2.55 bits per heavy atom. The number of aliphatic carboxylic acids is 1. The van der Waals surface area contributed by atoms with Gasteiger partial charge in [0.25, 0.3) is 0 Å². The number of carbonyl (C=O) groups is 2. The van der Waals surface area contributed by atoms with Crippen LogP contribution < -0.4 is 10.6 Å². The van der Waals surface area contributed by atoms with Gasteiger partial charge in [-0.05, 0) is 11.5 Å². The average molecular weight is 282 g/mol. The Morgan fingerprint density at radius 2 is 2.10 bits per heavy atom. The van der Waals surface area contributed by atoms with E-state index in [0.29, 0.717) is 13.0 Å². The van der Waals surface area contributed by atoms with Crippen molar-refractivity contribution in [3.8, 4) is 0 Å². The molecule has 0 fully saturated rings. The molecule has 1 rings (SSSR count). The number of hydrogen-bond acceptors (Lipinski definition) is 3. The summed E-state index contributed by atoms with van der Waals surface area (Å²) in [4.78, 5) is 22.8. The van der Waals surface area contributed by atoms with Crippen LogP contribution in [0.5, 0.6) is 0 Å². The summed E-state index contributed by atoms with van der Waals surface area (Å²) < 4.78 is 1.73. The molecule has 0 bridgehead atoms. The molecule has 1 aromatic heterocycles. The molecular formula is C13H22N4O3. The van der Waals surface area contributed by atoms with Crippen molar-refractivity contribution in [3.63, 3.8) is 0 Å². The summed E-state index contributed by atoms with van der Waals surface area (Å²) in [5.41, 5.74) is 0.446. The van der Waals surface area contributed by atoms with E-state index < -0.39 is 23.5 Å². The predicted octanol–water partition coefficient (Wildman–Crippen LogP) is 0.761. The fraction of sp³-hybridized carbons (Fsp3) is 0.615. The number of aromatic nitrogens is 2. The first-order chi connectivity index (χ1) is 9.21. The summed E-state index contributed by atoms with van der Waals surface area (Å²) in [5.74, 6) is -1.04. The van der Waals surface area contributed by atoms with E-state index in [2.05, 4.69) is 15.7 Å². The van der Waals surface area contributed by atoms with Crippen LogP contribution in [0.15, 0.2) is 12.3 Å². The molecular weight excluding hydrogens is 260 g/mol. The van der Waals surface area contributed by atoms with E-state index in [1.165, 1.54) is 0 Å². The maximum absolute atomic E-state index is 11.7. The molecule has 0 radical (unpaired) electrons. The second-order valence-corrected chi connectivity index (χ2v) is 5.73. The molecule has 0 aliphatic heterocycles. The van der Waals surface area contributed by atoms with Crippen molar-refractivity contribution in [3.05, 3.63) is 18.0 Å². The molecule has 0 aliphatic rings. The van der Waals surface area contributed by atoms with Crippen LogP contribution >= 0.6 is 0 Å². The van der Waals surface area contributed by atoms with Crippen molar-refractivity contribution >= 4 is 12.0 Å². The van der Waals surface area contributed by atoms with Crippen molar-refractivity contribution in [1.29, 1.82) is 0 Å². The number of rotatable bonds is 5. The van der Waals surface area contributed by atoms with Gasteiger partial charge in [-0.3, -0.25) is 4.68 Å². The molecule has 1 heterocycles. The van der Waals surface area contributed by atoms with E-state index in [4.69, 9.17) is 5.11 Å². The van der Waals surface area contributed by atoms with Gasteiger partial charge in [0.15, 0.2) is 0 Å². The first-order valence-corrected chi connectivity index (χ1v) is 6.46. The van der Waals surface area contributed by atoms with Crippen molar-refractivity contribution in [2.75, 3.05) is 6.54 Å². The molecule has 2 amide bonds. The first kappa shape index (κ1) is 16.0. The van der Waals surface area contributed by atoms with E-state index in [1.54, 1.807) is 31.6 Å². The normalized spacial score (nSPS) is 12.8. The third-order valence-electron chi connectivity index (χ3n) is 2.98. The number of aryl methyl sites for hydroxylation is 1. The Balaban J connectivity index is 2.43. The first-order valence-electron chi connectivity index (χ1n) is 6.46. The van der Waals surface area contributed by atoms with Gasteiger partial charge in [0.1, 0.15) is 6.04 Å². The predicted molar refractivity (Wildman–Crippen MR) is 74.3 cm³/mol. The maximum atomic E-state index is 11.7. The molecule has 0 aliphatic carbocycles. The molecule has 3 N–H and O–H groups in total. The molecule has 7 nitrogen and oxygen atoms in total. The minimum atomic E-state index is -1.04. The molecule has 1 atom stereocenters. The highest BCUT2D eigenvalue weighted by molar-refractivity contribution is 5.83. The van der Waals surface area contributed by atoms with Gasteiger partial charge in [-0.25, -0.2) is 9.59 Å². The summed E-state index contributed by atoms with van der Waals surface area (Å²) in [7, 11) is 1.83. The highest BCUT2D eigenvalue weighted by Crippen LogP contribution is 2.19. The van der Waals surface area contributed by atoms with Gasteiger partial charge in [0, 0.05) is 31.9 Å². The molecule has 0 unspecified atom stereocenters. The number of nitrogens with one attached hydrogen (secondary N) is 2. The largest absolute Gasteiger partial charge is 0.480 e. The van der Waals surface area contributed by atoms with Gasteiger partial charge < -0.3 is 15.7 Å². The van der Waals surface area contributed by atoms with Crippen LogP contribution in [0.3, 0.4) is 0 Å². The molecule has 20 heavy (non-hydrogen) atoms. The lowest BCUT2D eigenvalue weighted by atomic mass is 9.87. The standard InChI is InChI=1S/C13H22N4O3/c1-13(2,3)10(11(18)19)16-12(20)14-7-5-9-6-8-15-17(9)4/h6,8,10H,5,7H2,1-4H3,(H,18,19)(H2,14,16,20)/t10-/m0/s1. The zero-order valence-electron chi connectivity index (χ0n) is 12.3. The Kier molecular flexibility index (Phi) is 5.12. The minimum Gasteiger partial charge on any atom is -0.480 e. The van der Waals surface area contributed by atoms with Crippen molar-refractivity contribution in [2.45, 2.75) is 33.2 Å². The molecule has 0 spiro atoms. The Morgan fingerprint density at radius 1 is 1.45 bits per heavy atom. The summed E-state index contributed by atoms with van der Waals surface area (Å²) in [6.45, 7) is 5.72. The second kappa shape index (κ2) is 6.40. The third-order valence-corrected chi connectivity index (χ3v) is 2.98. The van der Waals surface area contributed by atoms with Crippen LogP contribution in [0.2, 0.25) is 0 Å². The van der Waals surface area contributed by atoms with Gasteiger partial charge >= 0.3 is 12.0 Å². The van der Waals surface area contributed by atoms with Gasteiger partial charge in [-0.1, -0.05) is 20.8 Å². The van der Waals surface area contributed by atoms with Crippen LogP contribution in [0.25, 0.3) is 0 Å². The number of nitrogens with zero attached hydrogens (tertiary/aromatic N) is 2. The van der Waals surface area contributed by atoms with Crippen LogP contribution in [-0.2, 0) is 18.3 Å². The van der Waals surface area contributed by atoms with Gasteiger partial charge in [-0.15, -0.1) is 0 Å². The lowest BCUT2D eigenvalue weighted by Gasteiger charge is -2.27. The van der Waals surface area contributed by atoms with E-state index in [9.17, 15) is 9.59 Å². The van der Waals surface area contributed by atoms with E-state index in [-0.39, 0.29) is 0 Å². The molecule has 112 valence electrons. The SMILES string of the molecule is Cn1nccc1CCNC(=O)N[C@@H](C(=O)O)C(C)(C)C. The number of carbonyl (C=O) groups excluding carboxylic acids is 1. The van der Waals surface area contributed by atoms with Gasteiger partial charge in [0.2, 0.25) is 0 Å². The number of amides is 2. The molecule has 0 aromatic carbocycles. The van der Waals surface area contributed by atoms with Crippen LogP contribution in [0.4, 0.5) is 4.79 Å². The van der Waals surface area contributed by atoms with Crippen molar-refractivity contribution in [2.24, 2.45) is 12.5 Å². The maximum Gasteiger partial charge on any atom is 0.326 e. The van der Waals surface area contributed by atoms with Gasteiger partial charge in [-0.2, -0.15) is 5.10 Å². The van der Waals surface area contributed by atoms with Crippen LogP contribution in [-0.4, -0.2) is 39.5 Å². The van der Waals surface area contributed by atoms with Gasteiger partial charge in [0.05, 0.1) is 0 Å². The lowest BCUT2D eigenvalue weighted by molar-refractivity contribution is -0.141. The van der Waals surface area contributed by atoms with Crippen molar-refractivity contribution < 1.29 is 14.7 Å².